The van der Waals surface area contributed by atoms with Gasteiger partial charge in [-0.25, -0.2) is 13.1 Å². The quantitative estimate of drug-likeness (QED) is 0.526. The summed E-state index contributed by atoms with van der Waals surface area (Å²) in [5.41, 5.74) is 0.713. The molecule has 1 unspecified atom stereocenters. The third-order valence-corrected chi connectivity index (χ3v) is 7.71. The summed E-state index contributed by atoms with van der Waals surface area (Å²) in [5.74, 6) is 0.303. The van der Waals surface area contributed by atoms with Crippen LogP contribution in [0.1, 0.15) is 25.7 Å². The second kappa shape index (κ2) is 7.99. The Balaban J connectivity index is 1.70. The van der Waals surface area contributed by atoms with Crippen molar-refractivity contribution in [2.24, 2.45) is 0 Å². The Kier molecular flexibility index (Phi) is 5.93. The van der Waals surface area contributed by atoms with E-state index in [1.807, 2.05) is 11.0 Å². The predicted octanol–water partition coefficient (Wildman–Crippen LogP) is 1.57. The van der Waals surface area contributed by atoms with Crippen LogP contribution in [0.4, 0.5) is 5.69 Å². The molecule has 6 nitrogen and oxygen atoms in total. The Hall–Kier alpha value is -1.22. The second-order valence-electron chi connectivity index (χ2n) is 6.42. The number of anilines is 1. The average molecular weight is 384 g/mol. The van der Waals surface area contributed by atoms with Crippen LogP contribution in [-0.4, -0.2) is 44.2 Å². The van der Waals surface area contributed by atoms with Gasteiger partial charge in [-0.05, 0) is 25.0 Å². The molecule has 0 aromatic heterocycles. The standard InChI is InChI=1S/C17H25N3O3S2/c1-2-12-20-13-24(21)17-15(20)8-5-9-16(17)25(22,23)19-11-10-18-14-6-3-4-7-14/h2,5,8-9,14,18-19H,1,3-4,6-7,10-13H2. The zero-order valence-electron chi connectivity index (χ0n) is 14.2. The van der Waals surface area contributed by atoms with E-state index in [-0.39, 0.29) is 4.90 Å². The molecular formula is C17H25N3O3S2. The van der Waals surface area contributed by atoms with Gasteiger partial charge in [-0.1, -0.05) is 25.0 Å². The first-order valence-corrected chi connectivity index (χ1v) is 11.4. The van der Waals surface area contributed by atoms with E-state index in [0.29, 0.717) is 42.1 Å². The first-order valence-electron chi connectivity index (χ1n) is 8.63. The summed E-state index contributed by atoms with van der Waals surface area (Å²) in [6.07, 6.45) is 6.54. The van der Waals surface area contributed by atoms with Gasteiger partial charge in [0.25, 0.3) is 0 Å². The molecule has 2 aliphatic rings. The largest absolute Gasteiger partial charge is 0.355 e. The lowest BCUT2D eigenvalue weighted by Gasteiger charge is -2.16. The number of fused-ring (bicyclic) bond motifs is 1. The van der Waals surface area contributed by atoms with Crippen molar-refractivity contribution < 1.29 is 12.6 Å². The SMILES string of the molecule is C=CCN1CS(=O)c2c1cccc2S(=O)(=O)NCCNC1CCCC1. The molecule has 1 aromatic rings. The van der Waals surface area contributed by atoms with Crippen molar-refractivity contribution in [3.05, 3.63) is 30.9 Å². The van der Waals surface area contributed by atoms with Crippen LogP contribution in [0.5, 0.6) is 0 Å². The van der Waals surface area contributed by atoms with Gasteiger partial charge in [0.05, 0.1) is 27.3 Å². The second-order valence-corrected chi connectivity index (χ2v) is 9.52. The summed E-state index contributed by atoms with van der Waals surface area (Å²) < 4.78 is 40.5. The maximum absolute atomic E-state index is 12.7. The smallest absolute Gasteiger partial charge is 0.241 e. The predicted molar refractivity (Wildman–Crippen MR) is 101 cm³/mol. The van der Waals surface area contributed by atoms with Crippen LogP contribution in [0, 0.1) is 0 Å². The van der Waals surface area contributed by atoms with Crippen molar-refractivity contribution >= 4 is 26.5 Å². The Morgan fingerprint density at radius 2 is 2.04 bits per heavy atom. The maximum Gasteiger partial charge on any atom is 0.241 e. The van der Waals surface area contributed by atoms with Crippen LogP contribution in [0.3, 0.4) is 0 Å². The summed E-state index contributed by atoms with van der Waals surface area (Å²) in [6.45, 7) is 5.17. The number of benzene rings is 1. The van der Waals surface area contributed by atoms with Crippen molar-refractivity contribution in [2.75, 3.05) is 30.4 Å². The number of sulfonamides is 1. The van der Waals surface area contributed by atoms with Crippen LogP contribution >= 0.6 is 0 Å². The molecule has 1 aliphatic heterocycles. The fourth-order valence-corrected chi connectivity index (χ4v) is 6.57. The molecule has 1 aromatic carbocycles. The van der Waals surface area contributed by atoms with Gasteiger partial charge >= 0.3 is 0 Å². The third-order valence-electron chi connectivity index (χ3n) is 4.64. The lowest BCUT2D eigenvalue weighted by Crippen LogP contribution is -2.36. The molecule has 1 fully saturated rings. The van der Waals surface area contributed by atoms with E-state index in [2.05, 4.69) is 16.6 Å². The van der Waals surface area contributed by atoms with E-state index < -0.39 is 20.8 Å². The molecule has 1 heterocycles. The molecule has 0 saturated heterocycles. The van der Waals surface area contributed by atoms with Gasteiger partial charge in [0.1, 0.15) is 4.90 Å². The number of nitrogens with one attached hydrogen (secondary N) is 2. The molecule has 138 valence electrons. The molecule has 8 heteroatoms. The highest BCUT2D eigenvalue weighted by Gasteiger charge is 2.32. The van der Waals surface area contributed by atoms with Gasteiger partial charge in [-0.3, -0.25) is 4.21 Å². The van der Waals surface area contributed by atoms with E-state index in [4.69, 9.17) is 0 Å². The van der Waals surface area contributed by atoms with Gasteiger partial charge in [0, 0.05) is 25.7 Å². The zero-order valence-corrected chi connectivity index (χ0v) is 15.9. The van der Waals surface area contributed by atoms with Crippen LogP contribution < -0.4 is 14.9 Å². The summed E-state index contributed by atoms with van der Waals surface area (Å²) in [5, 5.41) is 3.38. The zero-order chi connectivity index (χ0) is 17.9. The molecule has 25 heavy (non-hydrogen) atoms. The van der Waals surface area contributed by atoms with E-state index in [0.717, 1.165) is 12.8 Å². The van der Waals surface area contributed by atoms with Gasteiger partial charge in [0.15, 0.2) is 0 Å². The van der Waals surface area contributed by atoms with E-state index >= 15 is 0 Å². The Bertz CT molecular complexity index is 758. The summed E-state index contributed by atoms with van der Waals surface area (Å²) in [6, 6.07) is 5.54. The molecule has 1 saturated carbocycles. The number of rotatable bonds is 8. The van der Waals surface area contributed by atoms with Crippen LogP contribution in [0.2, 0.25) is 0 Å². The molecular weight excluding hydrogens is 358 g/mol. The van der Waals surface area contributed by atoms with Crippen molar-refractivity contribution in [1.82, 2.24) is 10.0 Å². The van der Waals surface area contributed by atoms with E-state index in [9.17, 15) is 12.6 Å². The molecule has 0 radical (unpaired) electrons. The van der Waals surface area contributed by atoms with E-state index in [1.165, 1.54) is 18.9 Å². The highest BCUT2D eigenvalue weighted by molar-refractivity contribution is 7.91. The lowest BCUT2D eigenvalue weighted by molar-refractivity contribution is 0.520. The fraction of sp³-hybridized carbons (Fsp3) is 0.529. The Morgan fingerprint density at radius 1 is 1.28 bits per heavy atom. The maximum atomic E-state index is 12.7. The molecule has 1 aliphatic carbocycles. The van der Waals surface area contributed by atoms with Crippen molar-refractivity contribution in [2.45, 2.75) is 41.5 Å². The monoisotopic (exact) mass is 383 g/mol. The molecule has 3 rings (SSSR count). The number of hydrogen-bond acceptors (Lipinski definition) is 5. The average Bonchev–Trinajstić information content (AvgIpc) is 3.21. The topological polar surface area (TPSA) is 78.5 Å². The molecule has 0 bridgehead atoms. The summed E-state index contributed by atoms with van der Waals surface area (Å²) in [4.78, 5) is 2.41. The lowest BCUT2D eigenvalue weighted by atomic mass is 10.2. The minimum atomic E-state index is -3.69. The Morgan fingerprint density at radius 3 is 2.76 bits per heavy atom. The first-order chi connectivity index (χ1) is 12.0. The van der Waals surface area contributed by atoms with Gasteiger partial charge in [0.2, 0.25) is 10.0 Å². The van der Waals surface area contributed by atoms with Gasteiger partial charge in [-0.2, -0.15) is 0 Å². The minimum Gasteiger partial charge on any atom is -0.355 e. The first kappa shape index (κ1) is 18.6. The molecule has 1 atom stereocenters. The van der Waals surface area contributed by atoms with Gasteiger partial charge < -0.3 is 10.2 Å². The van der Waals surface area contributed by atoms with Crippen molar-refractivity contribution in [3.63, 3.8) is 0 Å². The Labute approximate surface area is 152 Å². The van der Waals surface area contributed by atoms with Crippen molar-refractivity contribution in [3.8, 4) is 0 Å². The van der Waals surface area contributed by atoms with E-state index in [1.54, 1.807) is 12.1 Å². The molecule has 0 amide bonds. The van der Waals surface area contributed by atoms with Crippen molar-refractivity contribution in [1.29, 1.82) is 0 Å². The highest BCUT2D eigenvalue weighted by atomic mass is 32.2. The van der Waals surface area contributed by atoms with Crippen LogP contribution in [0.25, 0.3) is 0 Å². The summed E-state index contributed by atoms with van der Waals surface area (Å²) in [7, 11) is -5.04. The summed E-state index contributed by atoms with van der Waals surface area (Å²) >= 11 is 0. The number of nitrogens with zero attached hydrogens (tertiary/aromatic N) is 1. The molecule has 2 N–H and O–H groups in total. The minimum absolute atomic E-state index is 0.121. The normalized spacial score (nSPS) is 20.8. The van der Waals surface area contributed by atoms with Crippen LogP contribution in [0.15, 0.2) is 40.6 Å². The third kappa shape index (κ3) is 4.13. The number of hydrogen-bond donors (Lipinski definition) is 2. The van der Waals surface area contributed by atoms with Gasteiger partial charge in [-0.15, -0.1) is 6.58 Å². The highest BCUT2D eigenvalue weighted by Crippen LogP contribution is 2.36. The fourth-order valence-electron chi connectivity index (χ4n) is 3.45. The molecule has 0 spiro atoms. The van der Waals surface area contributed by atoms with Crippen LogP contribution in [-0.2, 0) is 20.8 Å².